The molecule has 1 heterocycles. The van der Waals surface area contributed by atoms with Gasteiger partial charge in [-0.05, 0) is 37.9 Å². The smallest absolute Gasteiger partial charge is 0.262 e. The van der Waals surface area contributed by atoms with Crippen molar-refractivity contribution in [3.05, 3.63) is 20.8 Å². The molecule has 0 bridgehead atoms. The van der Waals surface area contributed by atoms with Crippen LogP contribution in [0.1, 0.15) is 35.5 Å². The Balaban J connectivity index is 0.00000121. The Morgan fingerprint density at radius 1 is 1.41 bits per heavy atom. The summed E-state index contributed by atoms with van der Waals surface area (Å²) in [4.78, 5) is 12.2. The number of rotatable bonds is 5. The predicted octanol–water partition coefficient (Wildman–Crippen LogP) is 3.08. The lowest BCUT2D eigenvalue weighted by molar-refractivity contribution is 0.0957. The maximum absolute atomic E-state index is 11.6. The van der Waals surface area contributed by atoms with Crippen LogP contribution >= 0.6 is 22.9 Å². The molecule has 1 aromatic rings. The fraction of sp³-hybridized carbons (Fsp3) is 0.583. The lowest BCUT2D eigenvalue weighted by atomic mass is 10.3. The summed E-state index contributed by atoms with van der Waals surface area (Å²) in [5.74, 6) is -0.0748. The molecule has 0 unspecified atom stereocenters. The maximum Gasteiger partial charge on any atom is 0.262 e. The number of carbonyl (C=O) groups excluding carboxylic acids is 1. The van der Waals surface area contributed by atoms with E-state index < -0.39 is 0 Å². The van der Waals surface area contributed by atoms with Crippen LogP contribution < -0.4 is 10.6 Å². The molecular weight excluding hydrogens is 256 g/mol. The van der Waals surface area contributed by atoms with E-state index >= 15 is 0 Å². The second kappa shape index (κ2) is 9.45. The van der Waals surface area contributed by atoms with Gasteiger partial charge in [-0.3, -0.25) is 4.79 Å². The summed E-state index contributed by atoms with van der Waals surface area (Å²) in [5, 5.41) is 8.33. The van der Waals surface area contributed by atoms with Crippen LogP contribution in [-0.2, 0) is 0 Å². The summed E-state index contributed by atoms with van der Waals surface area (Å²) in [6.07, 6.45) is 0.921. The van der Waals surface area contributed by atoms with Crippen LogP contribution in [0.3, 0.4) is 0 Å². The Morgan fingerprint density at radius 2 is 2.06 bits per heavy atom. The first kappa shape index (κ1) is 16.4. The molecule has 0 atom stereocenters. The molecule has 0 aliphatic heterocycles. The minimum absolute atomic E-state index is 0.0748. The van der Waals surface area contributed by atoms with Gasteiger partial charge in [0.1, 0.15) is 4.88 Å². The van der Waals surface area contributed by atoms with Crippen molar-refractivity contribution in [3.63, 3.8) is 0 Å². The summed E-state index contributed by atoms with van der Waals surface area (Å²) in [6, 6.07) is 0. The third-order valence-electron chi connectivity index (χ3n) is 1.99. The number of aryl methyl sites for hydroxylation is 1. The van der Waals surface area contributed by atoms with E-state index in [2.05, 4.69) is 10.6 Å². The highest BCUT2D eigenvalue weighted by Crippen LogP contribution is 2.26. The number of hydrogen-bond donors (Lipinski definition) is 2. The number of thiophene rings is 1. The molecule has 1 rings (SSSR count). The molecular formula is C12H21ClN2OS. The highest BCUT2D eigenvalue weighted by molar-refractivity contribution is 7.13. The quantitative estimate of drug-likeness (QED) is 0.812. The zero-order valence-electron chi connectivity index (χ0n) is 10.9. The lowest BCUT2D eigenvalue weighted by Crippen LogP contribution is -2.26. The molecule has 98 valence electrons. The van der Waals surface area contributed by atoms with E-state index in [0.717, 1.165) is 18.5 Å². The first-order valence-corrected chi connectivity index (χ1v) is 7.09. The van der Waals surface area contributed by atoms with Crippen molar-refractivity contribution in [1.29, 1.82) is 0 Å². The van der Waals surface area contributed by atoms with E-state index in [-0.39, 0.29) is 5.91 Å². The summed E-state index contributed by atoms with van der Waals surface area (Å²) in [6.45, 7) is 7.47. The van der Waals surface area contributed by atoms with Gasteiger partial charge in [0.05, 0.1) is 5.02 Å². The van der Waals surface area contributed by atoms with Crippen molar-refractivity contribution in [3.8, 4) is 0 Å². The van der Waals surface area contributed by atoms with E-state index in [9.17, 15) is 4.79 Å². The van der Waals surface area contributed by atoms with Crippen LogP contribution in [0.4, 0.5) is 0 Å². The van der Waals surface area contributed by atoms with Gasteiger partial charge in [0, 0.05) is 6.54 Å². The Labute approximate surface area is 113 Å². The van der Waals surface area contributed by atoms with Crippen molar-refractivity contribution in [2.75, 3.05) is 20.1 Å². The zero-order chi connectivity index (χ0) is 13.3. The van der Waals surface area contributed by atoms with E-state index in [0.29, 0.717) is 16.4 Å². The molecule has 0 fully saturated rings. The van der Waals surface area contributed by atoms with Gasteiger partial charge in [0.2, 0.25) is 0 Å². The van der Waals surface area contributed by atoms with Crippen LogP contribution in [-0.4, -0.2) is 26.0 Å². The summed E-state index contributed by atoms with van der Waals surface area (Å²) in [5.41, 5.74) is 0.960. The number of hydrogen-bond acceptors (Lipinski definition) is 3. The van der Waals surface area contributed by atoms with Gasteiger partial charge < -0.3 is 10.6 Å². The third-order valence-corrected chi connectivity index (χ3v) is 3.69. The van der Waals surface area contributed by atoms with Crippen molar-refractivity contribution >= 4 is 28.8 Å². The lowest BCUT2D eigenvalue weighted by Gasteiger charge is -2.03. The first-order valence-electron chi connectivity index (χ1n) is 5.83. The van der Waals surface area contributed by atoms with Crippen molar-refractivity contribution in [2.24, 2.45) is 0 Å². The third kappa shape index (κ3) is 5.52. The second-order valence-electron chi connectivity index (χ2n) is 3.27. The minimum atomic E-state index is -0.0748. The largest absolute Gasteiger partial charge is 0.351 e. The maximum atomic E-state index is 11.6. The number of carbonyl (C=O) groups is 1. The van der Waals surface area contributed by atoms with Crippen LogP contribution in [0.2, 0.25) is 5.02 Å². The molecule has 0 saturated heterocycles. The molecule has 0 radical (unpaired) electrons. The monoisotopic (exact) mass is 276 g/mol. The summed E-state index contributed by atoms with van der Waals surface area (Å²) >= 11 is 7.37. The van der Waals surface area contributed by atoms with Crippen LogP contribution in [0.15, 0.2) is 5.38 Å². The minimum Gasteiger partial charge on any atom is -0.351 e. The van der Waals surface area contributed by atoms with Gasteiger partial charge in [-0.25, -0.2) is 0 Å². The zero-order valence-corrected chi connectivity index (χ0v) is 12.5. The Hall–Kier alpha value is -0.580. The van der Waals surface area contributed by atoms with Gasteiger partial charge in [-0.15, -0.1) is 11.3 Å². The Bertz CT molecular complexity index is 339. The summed E-state index contributed by atoms with van der Waals surface area (Å²) in [7, 11) is 1.89. The molecule has 0 saturated carbocycles. The van der Waals surface area contributed by atoms with Crippen molar-refractivity contribution in [1.82, 2.24) is 10.6 Å². The molecule has 5 heteroatoms. The van der Waals surface area contributed by atoms with Crippen LogP contribution in [0.5, 0.6) is 0 Å². The molecule has 3 nitrogen and oxygen atoms in total. The first-order chi connectivity index (χ1) is 8.16. The molecule has 0 spiro atoms. The van der Waals surface area contributed by atoms with Crippen LogP contribution in [0.25, 0.3) is 0 Å². The average molecular weight is 277 g/mol. The van der Waals surface area contributed by atoms with E-state index in [1.54, 1.807) is 0 Å². The molecule has 1 amide bonds. The molecule has 17 heavy (non-hydrogen) atoms. The standard InChI is InChI=1S/C10H15ClN2OS.C2H6/c1-7-6-15-9(8(7)11)10(14)13-5-3-4-12-2;1-2/h6,12H,3-5H2,1-2H3,(H,13,14);1-2H3. The fourth-order valence-corrected chi connectivity index (χ4v) is 2.33. The van der Waals surface area contributed by atoms with Gasteiger partial charge in [-0.2, -0.15) is 0 Å². The fourth-order valence-electron chi connectivity index (χ4n) is 1.13. The second-order valence-corrected chi connectivity index (χ2v) is 4.53. The van der Waals surface area contributed by atoms with E-state index in [1.165, 1.54) is 11.3 Å². The predicted molar refractivity (Wildman–Crippen MR) is 76.3 cm³/mol. The van der Waals surface area contributed by atoms with Crippen molar-refractivity contribution < 1.29 is 4.79 Å². The highest BCUT2D eigenvalue weighted by Gasteiger charge is 2.13. The molecule has 0 aliphatic rings. The van der Waals surface area contributed by atoms with Crippen LogP contribution in [0, 0.1) is 6.92 Å². The SMILES string of the molecule is CC.CNCCCNC(=O)c1scc(C)c1Cl. The van der Waals surface area contributed by atoms with Gasteiger partial charge in [0.25, 0.3) is 5.91 Å². The van der Waals surface area contributed by atoms with E-state index in [1.807, 2.05) is 33.2 Å². The number of amides is 1. The Kier molecular flexibility index (Phi) is 9.13. The summed E-state index contributed by atoms with van der Waals surface area (Å²) < 4.78 is 0. The topological polar surface area (TPSA) is 41.1 Å². The molecule has 2 N–H and O–H groups in total. The van der Waals surface area contributed by atoms with Gasteiger partial charge in [0.15, 0.2) is 0 Å². The van der Waals surface area contributed by atoms with Gasteiger partial charge in [-0.1, -0.05) is 25.4 Å². The van der Waals surface area contributed by atoms with Gasteiger partial charge >= 0.3 is 0 Å². The molecule has 0 aliphatic carbocycles. The number of nitrogens with one attached hydrogen (secondary N) is 2. The molecule has 1 aromatic heterocycles. The number of halogens is 1. The average Bonchev–Trinajstić information content (AvgIpc) is 2.68. The normalized spacial score (nSPS) is 9.47. The molecule has 0 aromatic carbocycles. The van der Waals surface area contributed by atoms with E-state index in [4.69, 9.17) is 11.6 Å². The Morgan fingerprint density at radius 3 is 2.53 bits per heavy atom. The highest BCUT2D eigenvalue weighted by atomic mass is 35.5. The van der Waals surface area contributed by atoms with Crippen molar-refractivity contribution in [2.45, 2.75) is 27.2 Å².